The van der Waals surface area contributed by atoms with E-state index < -0.39 is 0 Å². The quantitative estimate of drug-likeness (QED) is 0.722. The molecular weight excluding hydrogens is 374 g/mol. The topological polar surface area (TPSA) is 48.8 Å². The van der Waals surface area contributed by atoms with Gasteiger partial charge in [-0.1, -0.05) is 24.3 Å². The number of hydrogen-bond acceptors (Lipinski definition) is 5. The minimum atomic E-state index is -0.125. The third-order valence-electron chi connectivity index (χ3n) is 6.28. The smallest absolute Gasteiger partial charge is 0.123 e. The van der Waals surface area contributed by atoms with Gasteiger partial charge in [-0.25, -0.2) is 0 Å². The minimum absolute atomic E-state index is 0.125. The Morgan fingerprint density at radius 2 is 1.87 bits per heavy atom. The first-order valence-electron chi connectivity index (χ1n) is 10.9. The van der Waals surface area contributed by atoms with Crippen molar-refractivity contribution in [3.05, 3.63) is 71.4 Å². The number of pyridine rings is 1. The third-order valence-corrected chi connectivity index (χ3v) is 6.28. The summed E-state index contributed by atoms with van der Waals surface area (Å²) >= 11 is 0. The van der Waals surface area contributed by atoms with Crippen molar-refractivity contribution in [2.24, 2.45) is 0 Å². The Bertz CT molecular complexity index is 1010. The van der Waals surface area contributed by atoms with Gasteiger partial charge in [0.05, 0.1) is 11.6 Å². The number of rotatable bonds is 4. The number of benzene rings is 2. The second kappa shape index (κ2) is 8.72. The molecule has 3 aromatic rings. The van der Waals surface area contributed by atoms with Crippen LogP contribution < -0.4 is 4.74 Å². The van der Waals surface area contributed by atoms with Crippen molar-refractivity contribution in [1.82, 2.24) is 14.8 Å². The number of aromatic nitrogens is 1. The van der Waals surface area contributed by atoms with Gasteiger partial charge in [0.2, 0.25) is 0 Å². The van der Waals surface area contributed by atoms with E-state index in [-0.39, 0.29) is 6.10 Å². The SMILES string of the molecule is OC1CCN(Cc2ccc3c(c2)CN(Cc2cccc4ncccc24)CCO3)CC1. The molecule has 156 valence electrons. The number of aliphatic hydroxyl groups excluding tert-OH is 1. The Labute approximate surface area is 177 Å². The molecular formula is C25H29N3O2. The standard InChI is InChI=1S/C25H29N3O2/c29-22-8-11-27(12-9-22)16-19-6-7-25-21(15-19)18-28(13-14-30-25)17-20-3-1-5-24-23(20)4-2-10-26-24/h1-7,10,15,22,29H,8-9,11-14,16-18H2. The summed E-state index contributed by atoms with van der Waals surface area (Å²) in [5.41, 5.74) is 4.95. The van der Waals surface area contributed by atoms with Crippen LogP contribution in [0.3, 0.4) is 0 Å². The molecule has 2 aromatic carbocycles. The van der Waals surface area contributed by atoms with Crippen LogP contribution in [-0.2, 0) is 19.6 Å². The van der Waals surface area contributed by atoms with E-state index in [1.807, 2.05) is 12.3 Å². The van der Waals surface area contributed by atoms with Gasteiger partial charge in [-0.15, -0.1) is 0 Å². The lowest BCUT2D eigenvalue weighted by Gasteiger charge is -2.29. The minimum Gasteiger partial charge on any atom is -0.492 e. The van der Waals surface area contributed by atoms with Gasteiger partial charge in [0.15, 0.2) is 0 Å². The summed E-state index contributed by atoms with van der Waals surface area (Å²) in [5.74, 6) is 1.01. The van der Waals surface area contributed by atoms with Gasteiger partial charge in [0.1, 0.15) is 12.4 Å². The van der Waals surface area contributed by atoms with Crippen molar-refractivity contribution in [2.45, 2.75) is 38.6 Å². The van der Waals surface area contributed by atoms with Crippen molar-refractivity contribution in [1.29, 1.82) is 0 Å². The molecule has 1 saturated heterocycles. The first-order valence-corrected chi connectivity index (χ1v) is 10.9. The van der Waals surface area contributed by atoms with Gasteiger partial charge in [-0.3, -0.25) is 14.8 Å². The van der Waals surface area contributed by atoms with Crippen LogP contribution in [0.15, 0.2) is 54.7 Å². The molecule has 0 radical (unpaired) electrons. The highest BCUT2D eigenvalue weighted by Crippen LogP contribution is 2.27. The van der Waals surface area contributed by atoms with E-state index in [0.29, 0.717) is 6.61 Å². The Kier molecular flexibility index (Phi) is 5.67. The fraction of sp³-hybridized carbons (Fsp3) is 0.400. The van der Waals surface area contributed by atoms with Crippen molar-refractivity contribution in [2.75, 3.05) is 26.2 Å². The molecule has 0 unspecified atom stereocenters. The molecule has 1 fully saturated rings. The normalized spacial score (nSPS) is 18.7. The largest absolute Gasteiger partial charge is 0.492 e. The van der Waals surface area contributed by atoms with Crippen LogP contribution in [0.5, 0.6) is 5.75 Å². The second-order valence-electron chi connectivity index (χ2n) is 8.50. The summed E-state index contributed by atoms with van der Waals surface area (Å²) in [6, 6.07) is 17.2. The zero-order valence-electron chi connectivity index (χ0n) is 17.3. The van der Waals surface area contributed by atoms with Crippen LogP contribution in [-0.4, -0.2) is 52.2 Å². The Balaban J connectivity index is 1.32. The predicted molar refractivity (Wildman–Crippen MR) is 118 cm³/mol. The highest BCUT2D eigenvalue weighted by atomic mass is 16.5. The molecule has 5 heteroatoms. The Morgan fingerprint density at radius 1 is 0.967 bits per heavy atom. The van der Waals surface area contributed by atoms with Crippen LogP contribution in [0.2, 0.25) is 0 Å². The van der Waals surface area contributed by atoms with Gasteiger partial charge in [-0.05, 0) is 48.2 Å². The molecule has 1 N–H and O–H groups in total. The molecule has 1 aromatic heterocycles. The molecule has 5 rings (SSSR count). The zero-order valence-corrected chi connectivity index (χ0v) is 17.3. The number of piperidine rings is 1. The summed E-state index contributed by atoms with van der Waals surface area (Å²) in [5, 5.41) is 11.0. The molecule has 0 aliphatic carbocycles. The molecule has 0 amide bonds. The maximum atomic E-state index is 9.75. The molecule has 0 saturated carbocycles. The first kappa shape index (κ1) is 19.5. The lowest BCUT2D eigenvalue weighted by Crippen LogP contribution is -2.35. The van der Waals surface area contributed by atoms with Gasteiger partial charge in [0.25, 0.3) is 0 Å². The molecule has 0 spiro atoms. The molecule has 3 heterocycles. The maximum Gasteiger partial charge on any atom is 0.123 e. The van der Waals surface area contributed by atoms with E-state index in [1.165, 1.54) is 22.1 Å². The number of likely N-dealkylation sites (tertiary alicyclic amines) is 1. The molecule has 2 aliphatic heterocycles. The zero-order chi connectivity index (χ0) is 20.3. The third kappa shape index (κ3) is 4.33. The van der Waals surface area contributed by atoms with E-state index in [1.54, 1.807) is 0 Å². The van der Waals surface area contributed by atoms with Crippen molar-refractivity contribution < 1.29 is 9.84 Å². The van der Waals surface area contributed by atoms with Crippen LogP contribution in [0.4, 0.5) is 0 Å². The maximum absolute atomic E-state index is 9.75. The number of ether oxygens (including phenoxy) is 1. The molecule has 30 heavy (non-hydrogen) atoms. The second-order valence-corrected chi connectivity index (χ2v) is 8.50. The van der Waals surface area contributed by atoms with Crippen molar-refractivity contribution in [3.63, 3.8) is 0 Å². The lowest BCUT2D eigenvalue weighted by atomic mass is 10.0. The first-order chi connectivity index (χ1) is 14.7. The number of fused-ring (bicyclic) bond motifs is 2. The van der Waals surface area contributed by atoms with Crippen molar-refractivity contribution in [3.8, 4) is 5.75 Å². The van der Waals surface area contributed by atoms with Crippen molar-refractivity contribution >= 4 is 10.9 Å². The highest BCUT2D eigenvalue weighted by molar-refractivity contribution is 5.81. The summed E-state index contributed by atoms with van der Waals surface area (Å²) in [7, 11) is 0. The molecule has 0 atom stereocenters. The fourth-order valence-corrected chi connectivity index (χ4v) is 4.62. The van der Waals surface area contributed by atoms with E-state index in [0.717, 1.165) is 63.4 Å². The van der Waals surface area contributed by atoms with Crippen LogP contribution >= 0.6 is 0 Å². The van der Waals surface area contributed by atoms with E-state index in [4.69, 9.17) is 4.74 Å². The van der Waals surface area contributed by atoms with Gasteiger partial charge in [0, 0.05) is 56.4 Å². The number of aliphatic hydroxyl groups is 1. The lowest BCUT2D eigenvalue weighted by molar-refractivity contribution is 0.0792. The highest BCUT2D eigenvalue weighted by Gasteiger charge is 2.20. The monoisotopic (exact) mass is 403 g/mol. The summed E-state index contributed by atoms with van der Waals surface area (Å²) in [4.78, 5) is 9.40. The average molecular weight is 404 g/mol. The molecule has 5 nitrogen and oxygen atoms in total. The fourth-order valence-electron chi connectivity index (χ4n) is 4.62. The van der Waals surface area contributed by atoms with E-state index in [9.17, 15) is 5.11 Å². The van der Waals surface area contributed by atoms with Crippen LogP contribution in [0.25, 0.3) is 10.9 Å². The van der Waals surface area contributed by atoms with Gasteiger partial charge in [-0.2, -0.15) is 0 Å². The Hall–Kier alpha value is -2.47. The van der Waals surface area contributed by atoms with Crippen LogP contribution in [0, 0.1) is 0 Å². The van der Waals surface area contributed by atoms with E-state index >= 15 is 0 Å². The predicted octanol–water partition coefficient (Wildman–Crippen LogP) is 3.59. The summed E-state index contributed by atoms with van der Waals surface area (Å²) in [6.07, 6.45) is 3.48. The summed E-state index contributed by atoms with van der Waals surface area (Å²) in [6.45, 7) is 6.27. The molecule has 0 bridgehead atoms. The molecule has 2 aliphatic rings. The summed E-state index contributed by atoms with van der Waals surface area (Å²) < 4.78 is 6.06. The Morgan fingerprint density at radius 3 is 2.77 bits per heavy atom. The average Bonchev–Trinajstić information content (AvgIpc) is 2.97. The van der Waals surface area contributed by atoms with E-state index in [2.05, 4.69) is 57.2 Å². The number of nitrogens with zero attached hydrogens (tertiary/aromatic N) is 3. The van der Waals surface area contributed by atoms with Crippen LogP contribution in [0.1, 0.15) is 29.5 Å². The van der Waals surface area contributed by atoms with Gasteiger partial charge < -0.3 is 9.84 Å². The van der Waals surface area contributed by atoms with Gasteiger partial charge >= 0.3 is 0 Å². The number of hydrogen-bond donors (Lipinski definition) is 1.